The summed E-state index contributed by atoms with van der Waals surface area (Å²) in [6.45, 7) is 0. The number of aromatic nitrogens is 1. The van der Waals surface area contributed by atoms with Gasteiger partial charge in [0.05, 0.1) is 10.4 Å². The molecule has 0 saturated heterocycles. The van der Waals surface area contributed by atoms with Crippen molar-refractivity contribution in [3.8, 4) is 5.75 Å². The zero-order valence-corrected chi connectivity index (χ0v) is 14.4. The number of H-pyrrole nitrogens is 1. The summed E-state index contributed by atoms with van der Waals surface area (Å²) in [7, 11) is -4.69. The van der Waals surface area contributed by atoms with Crippen molar-refractivity contribution < 1.29 is 40.0 Å². The van der Waals surface area contributed by atoms with Crippen LogP contribution < -0.4 is 5.56 Å². The van der Waals surface area contributed by atoms with E-state index in [1.807, 2.05) is 0 Å². The molecule has 0 radical (unpaired) electrons. The summed E-state index contributed by atoms with van der Waals surface area (Å²) in [5.74, 6) is -12.7. The smallest absolute Gasteiger partial charge is 0.294 e. The van der Waals surface area contributed by atoms with Gasteiger partial charge >= 0.3 is 0 Å². The molecule has 0 saturated carbocycles. The van der Waals surface area contributed by atoms with Crippen molar-refractivity contribution in [3.63, 3.8) is 0 Å². The Morgan fingerprint density at radius 1 is 0.862 bits per heavy atom. The maximum Gasteiger partial charge on any atom is 0.294 e. The van der Waals surface area contributed by atoms with Gasteiger partial charge in [0, 0.05) is 5.39 Å². The van der Waals surface area contributed by atoms with Crippen LogP contribution in [0.3, 0.4) is 0 Å². The molecule has 3 rings (SSSR count). The van der Waals surface area contributed by atoms with E-state index in [9.17, 15) is 40.3 Å². The quantitative estimate of drug-likeness (QED) is 0.190. The maximum atomic E-state index is 13.6. The van der Waals surface area contributed by atoms with E-state index in [1.54, 1.807) is 0 Å². The van der Waals surface area contributed by atoms with Gasteiger partial charge in [-0.3, -0.25) is 9.35 Å². The van der Waals surface area contributed by atoms with Gasteiger partial charge in [0.25, 0.3) is 15.7 Å². The summed E-state index contributed by atoms with van der Waals surface area (Å²) in [4.78, 5) is 13.4. The van der Waals surface area contributed by atoms with Gasteiger partial charge in [-0.15, -0.1) is 10.2 Å². The minimum absolute atomic E-state index is 0.116. The number of halogens is 5. The molecule has 29 heavy (non-hydrogen) atoms. The lowest BCUT2D eigenvalue weighted by Gasteiger charge is -2.06. The molecule has 14 heteroatoms. The van der Waals surface area contributed by atoms with Crippen LogP contribution in [-0.4, -0.2) is 23.1 Å². The Morgan fingerprint density at radius 3 is 1.93 bits per heavy atom. The molecule has 0 fully saturated rings. The zero-order chi connectivity index (χ0) is 21.7. The largest absolute Gasteiger partial charge is 0.505 e. The van der Waals surface area contributed by atoms with Crippen molar-refractivity contribution in [2.75, 3.05) is 0 Å². The fourth-order valence-electron chi connectivity index (χ4n) is 2.28. The third-order valence-electron chi connectivity index (χ3n) is 3.67. The number of nitrogens with one attached hydrogen (secondary N) is 1. The lowest BCUT2D eigenvalue weighted by atomic mass is 10.2. The van der Waals surface area contributed by atoms with Crippen molar-refractivity contribution in [2.45, 2.75) is 4.90 Å². The van der Waals surface area contributed by atoms with Gasteiger partial charge in [0.1, 0.15) is 0 Å². The topological polar surface area (TPSA) is 132 Å². The summed E-state index contributed by atoms with van der Waals surface area (Å²) < 4.78 is 98.1. The predicted molar refractivity (Wildman–Crippen MR) is 86.5 cm³/mol. The molecule has 0 amide bonds. The third kappa shape index (κ3) is 3.42. The Kier molecular flexibility index (Phi) is 4.84. The monoisotopic (exact) mass is 435 g/mol. The van der Waals surface area contributed by atoms with Gasteiger partial charge in [-0.2, -0.15) is 8.42 Å². The Labute approximate surface area is 156 Å². The molecular formula is C15H6F5N3O5S. The molecule has 1 aromatic heterocycles. The number of fused-ring (bicyclic) bond motifs is 1. The summed E-state index contributed by atoms with van der Waals surface area (Å²) in [6, 6.07) is 2.67. The first-order valence-corrected chi connectivity index (χ1v) is 8.67. The number of benzene rings is 2. The second-order valence-corrected chi connectivity index (χ2v) is 6.87. The molecule has 0 aliphatic heterocycles. The fourth-order valence-corrected chi connectivity index (χ4v) is 2.79. The van der Waals surface area contributed by atoms with Gasteiger partial charge in [-0.25, -0.2) is 22.0 Å². The van der Waals surface area contributed by atoms with Gasteiger partial charge in [-0.05, 0) is 18.2 Å². The molecule has 0 aliphatic carbocycles. The number of hydrogen-bond donors (Lipinski definition) is 3. The first-order chi connectivity index (χ1) is 13.4. The summed E-state index contributed by atoms with van der Waals surface area (Å²) in [5.41, 5.74) is -4.03. The van der Waals surface area contributed by atoms with Gasteiger partial charge in [0.15, 0.2) is 40.4 Å². The average molecular weight is 435 g/mol. The minimum Gasteiger partial charge on any atom is -0.505 e. The molecule has 1 heterocycles. The molecule has 3 aromatic rings. The number of hydrogen-bond acceptors (Lipinski definition) is 6. The van der Waals surface area contributed by atoms with E-state index in [0.717, 1.165) is 18.2 Å². The highest BCUT2D eigenvalue weighted by Gasteiger charge is 2.26. The molecule has 3 N–H and O–H groups in total. The van der Waals surface area contributed by atoms with Gasteiger partial charge < -0.3 is 10.1 Å². The Balaban J connectivity index is 2.23. The highest BCUT2D eigenvalue weighted by molar-refractivity contribution is 7.85. The molecule has 0 spiro atoms. The predicted octanol–water partition coefficient (Wildman–Crippen LogP) is 3.59. The molecule has 0 bridgehead atoms. The molecular weight excluding hydrogens is 429 g/mol. The van der Waals surface area contributed by atoms with E-state index in [2.05, 4.69) is 15.2 Å². The molecule has 152 valence electrons. The standard InChI is InChI=1S/C15H6F5N3O5S/c16-7-8(17)10(19)12(11(20)9(7)18)22-23-13-14(24)5-3-4(29(26,27)28)1-2-6(5)21-15(13)25/h1-3H,(H2,21,24,25)(H,26,27,28). The van der Waals surface area contributed by atoms with Crippen molar-refractivity contribution in [2.24, 2.45) is 10.2 Å². The van der Waals surface area contributed by atoms with E-state index in [4.69, 9.17) is 4.55 Å². The molecule has 0 atom stereocenters. The van der Waals surface area contributed by atoms with Gasteiger partial charge in [0.2, 0.25) is 5.82 Å². The van der Waals surface area contributed by atoms with Crippen molar-refractivity contribution in [1.29, 1.82) is 0 Å². The highest BCUT2D eigenvalue weighted by Crippen LogP contribution is 2.35. The second-order valence-electron chi connectivity index (χ2n) is 5.45. The van der Waals surface area contributed by atoms with Crippen LogP contribution in [0.1, 0.15) is 0 Å². The first-order valence-electron chi connectivity index (χ1n) is 7.23. The lowest BCUT2D eigenvalue weighted by Crippen LogP contribution is -2.06. The lowest BCUT2D eigenvalue weighted by molar-refractivity contribution is 0.380. The van der Waals surface area contributed by atoms with Gasteiger partial charge in [-0.1, -0.05) is 0 Å². The average Bonchev–Trinajstić information content (AvgIpc) is 2.66. The van der Waals surface area contributed by atoms with Crippen LogP contribution in [0.25, 0.3) is 10.9 Å². The fraction of sp³-hybridized carbons (Fsp3) is 0. The van der Waals surface area contributed by atoms with E-state index >= 15 is 0 Å². The second kappa shape index (κ2) is 6.89. The molecule has 2 aromatic carbocycles. The SMILES string of the molecule is O=c1[nH]c2ccc(S(=O)(=O)O)cc2c(O)c1N=Nc1c(F)c(F)c(F)c(F)c1F. The summed E-state index contributed by atoms with van der Waals surface area (Å²) in [5, 5.41) is 15.6. The molecule has 8 nitrogen and oxygen atoms in total. The van der Waals surface area contributed by atoms with Crippen LogP contribution in [0.5, 0.6) is 5.75 Å². The number of aromatic amines is 1. The Bertz CT molecular complexity index is 1340. The van der Waals surface area contributed by atoms with Crippen LogP contribution in [-0.2, 0) is 10.1 Å². The van der Waals surface area contributed by atoms with Crippen molar-refractivity contribution in [1.82, 2.24) is 4.98 Å². The molecule has 0 aliphatic rings. The van der Waals surface area contributed by atoms with Crippen molar-refractivity contribution in [3.05, 3.63) is 57.6 Å². The number of azo groups is 1. The molecule has 0 unspecified atom stereocenters. The Hall–Kier alpha value is -3.39. The highest BCUT2D eigenvalue weighted by atomic mass is 32.2. The van der Waals surface area contributed by atoms with Crippen LogP contribution in [0, 0.1) is 29.1 Å². The number of rotatable bonds is 3. The normalized spacial score (nSPS) is 12.2. The zero-order valence-electron chi connectivity index (χ0n) is 13.5. The van der Waals surface area contributed by atoms with E-state index < -0.39 is 66.8 Å². The van der Waals surface area contributed by atoms with E-state index in [-0.39, 0.29) is 10.9 Å². The number of pyridine rings is 1. The third-order valence-corrected chi connectivity index (χ3v) is 4.52. The van der Waals surface area contributed by atoms with Crippen LogP contribution in [0.4, 0.5) is 33.3 Å². The number of nitrogens with zero attached hydrogens (tertiary/aromatic N) is 2. The van der Waals surface area contributed by atoms with Crippen LogP contribution in [0.2, 0.25) is 0 Å². The summed E-state index contributed by atoms with van der Waals surface area (Å²) >= 11 is 0. The minimum atomic E-state index is -4.69. The van der Waals surface area contributed by atoms with Crippen LogP contribution in [0.15, 0.2) is 38.1 Å². The first kappa shape index (κ1) is 20.3. The summed E-state index contributed by atoms with van der Waals surface area (Å²) in [6.07, 6.45) is 0. The van der Waals surface area contributed by atoms with Crippen molar-refractivity contribution >= 4 is 32.4 Å². The Morgan fingerprint density at radius 2 is 1.38 bits per heavy atom. The van der Waals surface area contributed by atoms with E-state index in [0.29, 0.717) is 0 Å². The van der Waals surface area contributed by atoms with E-state index in [1.165, 1.54) is 0 Å². The maximum absolute atomic E-state index is 13.6. The number of aromatic hydroxyl groups is 1. The van der Waals surface area contributed by atoms with Crippen LogP contribution >= 0.6 is 0 Å².